The van der Waals surface area contributed by atoms with Crippen LogP contribution < -0.4 is 4.90 Å². The van der Waals surface area contributed by atoms with Crippen LogP contribution in [0.1, 0.15) is 4.88 Å². The summed E-state index contributed by atoms with van der Waals surface area (Å²) in [7, 11) is -3.40. The highest BCUT2D eigenvalue weighted by Gasteiger charge is 2.30. The highest BCUT2D eigenvalue weighted by molar-refractivity contribution is 7.91. The van der Waals surface area contributed by atoms with Gasteiger partial charge in [-0.3, -0.25) is 0 Å². The number of aryl methyl sites for hydroxylation is 1. The van der Waals surface area contributed by atoms with E-state index in [1.54, 1.807) is 16.7 Å². The molecule has 1 aliphatic rings. The molecule has 0 unspecified atom stereocenters. The Balaban J connectivity index is 1.48. The Bertz CT molecular complexity index is 990. The molecule has 4 rings (SSSR count). The van der Waals surface area contributed by atoms with E-state index in [1.807, 2.05) is 48.1 Å². The van der Waals surface area contributed by atoms with Crippen molar-refractivity contribution in [3.05, 3.63) is 53.9 Å². The third-order valence-electron chi connectivity index (χ3n) is 4.38. The fraction of sp³-hybridized carbons (Fsp3) is 0.294. The number of aromatic nitrogens is 3. The normalized spacial score (nSPS) is 16.1. The lowest BCUT2D eigenvalue weighted by Gasteiger charge is -2.34. The van der Waals surface area contributed by atoms with E-state index in [4.69, 9.17) is 0 Å². The number of hydrogen-bond acceptors (Lipinski definition) is 6. The first-order valence-corrected chi connectivity index (χ1v) is 10.6. The molecule has 1 saturated heterocycles. The van der Waals surface area contributed by atoms with Gasteiger partial charge in [0, 0.05) is 49.5 Å². The molecular formula is C17H19N5O2S2. The first-order valence-electron chi connectivity index (χ1n) is 8.31. The van der Waals surface area contributed by atoms with Crippen molar-refractivity contribution in [3.8, 4) is 5.82 Å². The predicted molar refractivity (Wildman–Crippen MR) is 101 cm³/mol. The maximum atomic E-state index is 12.7. The number of rotatable bonds is 4. The van der Waals surface area contributed by atoms with Gasteiger partial charge in [-0.05, 0) is 31.2 Å². The summed E-state index contributed by atoms with van der Waals surface area (Å²) in [4.78, 5) is 11.7. The molecule has 7 nitrogen and oxygen atoms in total. The minimum atomic E-state index is -3.40. The molecule has 0 saturated carbocycles. The average Bonchev–Trinajstić information content (AvgIpc) is 3.34. The standard InChI is InChI=1S/C17H19N5O2S2/c1-14-4-5-17(25-14)26(23,24)22-10-8-21(9-11-22)16-12-15(18-13-19-16)20-6-2-3-7-20/h2-7,12-13H,8-11H2,1H3. The Hall–Kier alpha value is -2.23. The number of nitrogens with zero attached hydrogens (tertiary/aromatic N) is 5. The lowest BCUT2D eigenvalue weighted by Crippen LogP contribution is -2.48. The van der Waals surface area contributed by atoms with Gasteiger partial charge in [0.25, 0.3) is 10.0 Å². The molecule has 3 aromatic heterocycles. The maximum absolute atomic E-state index is 12.7. The number of sulfonamides is 1. The summed E-state index contributed by atoms with van der Waals surface area (Å²) in [6.45, 7) is 4.01. The molecule has 4 heterocycles. The topological polar surface area (TPSA) is 71.3 Å². The van der Waals surface area contributed by atoms with Crippen LogP contribution in [0.25, 0.3) is 5.82 Å². The van der Waals surface area contributed by atoms with Crippen LogP contribution >= 0.6 is 11.3 Å². The van der Waals surface area contributed by atoms with Crippen LogP contribution in [0, 0.1) is 6.92 Å². The molecule has 1 fully saturated rings. The highest BCUT2D eigenvalue weighted by atomic mass is 32.2. The van der Waals surface area contributed by atoms with E-state index in [1.165, 1.54) is 11.3 Å². The molecule has 0 bridgehead atoms. The van der Waals surface area contributed by atoms with Gasteiger partial charge < -0.3 is 9.47 Å². The second kappa shape index (κ2) is 6.82. The zero-order valence-corrected chi connectivity index (χ0v) is 15.9. The Morgan fingerprint density at radius 2 is 1.69 bits per heavy atom. The first-order chi connectivity index (χ1) is 12.5. The minimum Gasteiger partial charge on any atom is -0.354 e. The summed E-state index contributed by atoms with van der Waals surface area (Å²) in [6, 6.07) is 9.34. The van der Waals surface area contributed by atoms with Crippen molar-refractivity contribution in [1.29, 1.82) is 0 Å². The lowest BCUT2D eigenvalue weighted by atomic mass is 10.3. The average molecular weight is 390 g/mol. The highest BCUT2D eigenvalue weighted by Crippen LogP contribution is 2.26. The van der Waals surface area contributed by atoms with E-state index < -0.39 is 10.0 Å². The van der Waals surface area contributed by atoms with E-state index >= 15 is 0 Å². The molecule has 3 aromatic rings. The molecule has 0 spiro atoms. The van der Waals surface area contributed by atoms with Gasteiger partial charge >= 0.3 is 0 Å². The third-order valence-corrected chi connectivity index (χ3v) is 7.75. The molecule has 0 radical (unpaired) electrons. The van der Waals surface area contributed by atoms with E-state index in [2.05, 4.69) is 14.9 Å². The fourth-order valence-corrected chi connectivity index (χ4v) is 5.83. The zero-order chi connectivity index (χ0) is 18.1. The van der Waals surface area contributed by atoms with Crippen molar-refractivity contribution in [2.24, 2.45) is 0 Å². The summed E-state index contributed by atoms with van der Waals surface area (Å²) >= 11 is 1.32. The Kier molecular flexibility index (Phi) is 4.51. The summed E-state index contributed by atoms with van der Waals surface area (Å²) in [5, 5.41) is 0. The Morgan fingerprint density at radius 1 is 1.00 bits per heavy atom. The minimum absolute atomic E-state index is 0.417. The van der Waals surface area contributed by atoms with E-state index in [9.17, 15) is 8.42 Å². The molecule has 0 aliphatic carbocycles. The van der Waals surface area contributed by atoms with Crippen LogP contribution in [0.15, 0.2) is 53.3 Å². The predicted octanol–water partition coefficient (Wildman–Crippen LogP) is 2.15. The SMILES string of the molecule is Cc1ccc(S(=O)(=O)N2CCN(c3cc(-n4cccc4)ncn3)CC2)s1. The zero-order valence-electron chi connectivity index (χ0n) is 14.3. The largest absolute Gasteiger partial charge is 0.354 e. The van der Waals surface area contributed by atoms with Crippen molar-refractivity contribution in [2.75, 3.05) is 31.1 Å². The van der Waals surface area contributed by atoms with Gasteiger partial charge in [0.15, 0.2) is 0 Å². The lowest BCUT2D eigenvalue weighted by molar-refractivity contribution is 0.384. The molecule has 0 aromatic carbocycles. The molecular weight excluding hydrogens is 370 g/mol. The summed E-state index contributed by atoms with van der Waals surface area (Å²) in [6.07, 6.45) is 5.40. The molecule has 0 amide bonds. The van der Waals surface area contributed by atoms with Crippen molar-refractivity contribution in [3.63, 3.8) is 0 Å². The van der Waals surface area contributed by atoms with Crippen LogP contribution in [-0.2, 0) is 10.0 Å². The van der Waals surface area contributed by atoms with Gasteiger partial charge in [0.1, 0.15) is 22.2 Å². The number of thiophene rings is 1. The summed E-state index contributed by atoms with van der Waals surface area (Å²) in [5.74, 6) is 1.61. The van der Waals surface area contributed by atoms with Crippen molar-refractivity contribution in [2.45, 2.75) is 11.1 Å². The second-order valence-electron chi connectivity index (χ2n) is 6.08. The molecule has 1 aliphatic heterocycles. The van der Waals surface area contributed by atoms with Crippen LogP contribution in [-0.4, -0.2) is 53.4 Å². The van der Waals surface area contributed by atoms with Gasteiger partial charge in [-0.1, -0.05) is 0 Å². The molecule has 0 atom stereocenters. The van der Waals surface area contributed by atoms with Gasteiger partial charge in [-0.15, -0.1) is 11.3 Å². The molecule has 9 heteroatoms. The van der Waals surface area contributed by atoms with Gasteiger partial charge in [0.05, 0.1) is 0 Å². The van der Waals surface area contributed by atoms with Crippen LogP contribution in [0.2, 0.25) is 0 Å². The van der Waals surface area contributed by atoms with E-state index in [-0.39, 0.29) is 0 Å². The fourth-order valence-electron chi connectivity index (χ4n) is 2.97. The maximum Gasteiger partial charge on any atom is 0.252 e. The molecule has 26 heavy (non-hydrogen) atoms. The van der Waals surface area contributed by atoms with Crippen molar-refractivity contribution >= 4 is 27.2 Å². The van der Waals surface area contributed by atoms with Crippen LogP contribution in [0.3, 0.4) is 0 Å². The van der Waals surface area contributed by atoms with Crippen molar-refractivity contribution in [1.82, 2.24) is 18.8 Å². The molecule has 136 valence electrons. The van der Waals surface area contributed by atoms with Gasteiger partial charge in [-0.2, -0.15) is 4.31 Å². The first kappa shape index (κ1) is 17.2. The Labute approximate surface area is 156 Å². The third kappa shape index (κ3) is 3.25. The quantitative estimate of drug-likeness (QED) is 0.684. The number of hydrogen-bond donors (Lipinski definition) is 0. The number of piperazine rings is 1. The summed E-state index contributed by atoms with van der Waals surface area (Å²) < 4.78 is 29.4. The smallest absolute Gasteiger partial charge is 0.252 e. The van der Waals surface area contributed by atoms with Gasteiger partial charge in [0.2, 0.25) is 0 Å². The molecule has 0 N–H and O–H groups in total. The summed E-state index contributed by atoms with van der Waals surface area (Å²) in [5.41, 5.74) is 0. The van der Waals surface area contributed by atoms with E-state index in [0.717, 1.165) is 16.5 Å². The van der Waals surface area contributed by atoms with Crippen LogP contribution in [0.4, 0.5) is 5.82 Å². The number of anilines is 1. The van der Waals surface area contributed by atoms with Crippen LogP contribution in [0.5, 0.6) is 0 Å². The van der Waals surface area contributed by atoms with Gasteiger partial charge in [-0.25, -0.2) is 18.4 Å². The van der Waals surface area contributed by atoms with E-state index in [0.29, 0.717) is 30.4 Å². The second-order valence-corrected chi connectivity index (χ2v) is 9.53. The monoisotopic (exact) mass is 389 g/mol. The van der Waals surface area contributed by atoms with Crippen molar-refractivity contribution < 1.29 is 8.42 Å². The Morgan fingerprint density at radius 3 is 2.35 bits per heavy atom.